The van der Waals surface area contributed by atoms with Crippen molar-refractivity contribution in [1.29, 1.82) is 0 Å². The second kappa shape index (κ2) is 42.0. The van der Waals surface area contributed by atoms with Gasteiger partial charge in [0.05, 0.1) is 6.10 Å². The van der Waals surface area contributed by atoms with Crippen molar-refractivity contribution in [3.63, 3.8) is 0 Å². The first-order valence-corrected chi connectivity index (χ1v) is 21.6. The summed E-state index contributed by atoms with van der Waals surface area (Å²) < 4.78 is 10.3. The van der Waals surface area contributed by atoms with Gasteiger partial charge in [0, 0.05) is 12.8 Å². The zero-order valence-corrected chi connectivity index (χ0v) is 34.1. The summed E-state index contributed by atoms with van der Waals surface area (Å²) in [5.74, 6) is -0.687. The number of rotatable bonds is 38. The van der Waals surface area contributed by atoms with Gasteiger partial charge in [0.15, 0.2) is 0 Å². The Labute approximate surface area is 326 Å². The second-order valence-corrected chi connectivity index (χ2v) is 14.3. The van der Waals surface area contributed by atoms with Crippen LogP contribution < -0.4 is 0 Å². The summed E-state index contributed by atoms with van der Waals surface area (Å²) in [5, 5.41) is 20.0. The van der Waals surface area contributed by atoms with E-state index in [1.165, 1.54) is 103 Å². The van der Waals surface area contributed by atoms with Crippen molar-refractivity contribution in [3.8, 4) is 0 Å². The molecule has 2 atom stereocenters. The van der Waals surface area contributed by atoms with Crippen molar-refractivity contribution >= 4 is 11.9 Å². The van der Waals surface area contributed by atoms with Gasteiger partial charge in [0.1, 0.15) is 19.3 Å². The zero-order valence-electron chi connectivity index (χ0n) is 34.1. The maximum absolute atomic E-state index is 12.0. The minimum absolute atomic E-state index is 0.153. The maximum Gasteiger partial charge on any atom is 0.306 e. The Morgan fingerprint density at radius 2 is 0.925 bits per heavy atom. The van der Waals surface area contributed by atoms with Crippen LogP contribution in [0.3, 0.4) is 0 Å². The van der Waals surface area contributed by atoms with Crippen LogP contribution in [0.2, 0.25) is 0 Å². The molecule has 6 nitrogen and oxygen atoms in total. The summed E-state index contributed by atoms with van der Waals surface area (Å²) in [6.45, 7) is 4.06. The Balaban J connectivity index is 3.59. The van der Waals surface area contributed by atoms with Crippen LogP contribution in [0.4, 0.5) is 0 Å². The number of allylic oxidation sites excluding steroid dienone is 10. The van der Waals surface area contributed by atoms with Crippen LogP contribution in [0.25, 0.3) is 0 Å². The quantitative estimate of drug-likeness (QED) is 0.0283. The number of aliphatic hydroxyl groups is 2. The van der Waals surface area contributed by atoms with Crippen molar-refractivity contribution in [2.45, 2.75) is 199 Å². The third kappa shape index (κ3) is 41.9. The van der Waals surface area contributed by atoms with Crippen LogP contribution in [0.1, 0.15) is 187 Å². The van der Waals surface area contributed by atoms with E-state index in [1.54, 1.807) is 6.08 Å². The summed E-state index contributed by atoms with van der Waals surface area (Å²) >= 11 is 0. The Morgan fingerprint density at radius 3 is 1.45 bits per heavy atom. The average molecular weight is 741 g/mol. The summed E-state index contributed by atoms with van der Waals surface area (Å²) in [6, 6.07) is 0. The summed E-state index contributed by atoms with van der Waals surface area (Å²) in [5.41, 5.74) is 0. The average Bonchev–Trinajstić information content (AvgIpc) is 3.15. The van der Waals surface area contributed by atoms with Gasteiger partial charge in [-0.1, -0.05) is 202 Å². The van der Waals surface area contributed by atoms with Gasteiger partial charge < -0.3 is 19.7 Å². The second-order valence-electron chi connectivity index (χ2n) is 14.3. The van der Waals surface area contributed by atoms with Crippen LogP contribution in [0.5, 0.6) is 0 Å². The Morgan fingerprint density at radius 1 is 0.491 bits per heavy atom. The number of esters is 2. The van der Waals surface area contributed by atoms with Gasteiger partial charge in [0.25, 0.3) is 0 Å². The third-order valence-electron chi connectivity index (χ3n) is 9.05. The van der Waals surface area contributed by atoms with E-state index < -0.39 is 12.2 Å². The topological polar surface area (TPSA) is 93.1 Å². The lowest BCUT2D eigenvalue weighted by Crippen LogP contribution is -2.25. The van der Waals surface area contributed by atoms with E-state index in [1.807, 2.05) is 36.5 Å². The molecule has 0 aliphatic rings. The number of unbranched alkanes of at least 4 members (excludes halogenated alkanes) is 18. The molecule has 53 heavy (non-hydrogen) atoms. The minimum Gasteiger partial charge on any atom is -0.463 e. The van der Waals surface area contributed by atoms with E-state index in [9.17, 15) is 19.8 Å². The number of hydrogen-bond acceptors (Lipinski definition) is 6. The fraction of sp³-hybridized carbons (Fsp3) is 0.702. The smallest absolute Gasteiger partial charge is 0.306 e. The van der Waals surface area contributed by atoms with Gasteiger partial charge in [-0.3, -0.25) is 9.59 Å². The molecular weight excluding hydrogens is 661 g/mol. The molecule has 0 aliphatic carbocycles. The van der Waals surface area contributed by atoms with E-state index >= 15 is 0 Å². The van der Waals surface area contributed by atoms with E-state index in [2.05, 4.69) is 44.2 Å². The summed E-state index contributed by atoms with van der Waals surface area (Å²) in [7, 11) is 0. The highest BCUT2D eigenvalue weighted by atomic mass is 16.6. The third-order valence-corrected chi connectivity index (χ3v) is 9.05. The van der Waals surface area contributed by atoms with Gasteiger partial charge in [-0.05, 0) is 44.9 Å². The minimum atomic E-state index is -1.01. The SMILES string of the molecule is CC/C=C\C/C=C\CC(O)/C=C/C=C\C/C=C\C/C=C\CCC(=O)OC[C@H](O)COC(=O)CCCCCCCCCCCCCCCCCCCCC. The fourth-order valence-corrected chi connectivity index (χ4v) is 5.78. The molecule has 0 aromatic heterocycles. The lowest BCUT2D eigenvalue weighted by Gasteiger charge is -2.12. The highest BCUT2D eigenvalue weighted by Crippen LogP contribution is 2.15. The molecule has 0 saturated carbocycles. The van der Waals surface area contributed by atoms with E-state index in [-0.39, 0.29) is 31.6 Å². The highest BCUT2D eigenvalue weighted by Gasteiger charge is 2.11. The molecule has 6 heteroatoms. The van der Waals surface area contributed by atoms with Gasteiger partial charge in [-0.15, -0.1) is 0 Å². The van der Waals surface area contributed by atoms with E-state index in [0.717, 1.165) is 44.9 Å². The Bertz CT molecular complexity index is 991. The number of carbonyl (C=O) groups excluding carboxylic acids is 2. The van der Waals surface area contributed by atoms with Gasteiger partial charge in [-0.25, -0.2) is 0 Å². The summed E-state index contributed by atoms with van der Waals surface area (Å²) in [4.78, 5) is 24.0. The molecule has 0 aliphatic heterocycles. The van der Waals surface area contributed by atoms with Crippen LogP contribution >= 0.6 is 0 Å². The van der Waals surface area contributed by atoms with Crippen molar-refractivity contribution in [1.82, 2.24) is 0 Å². The largest absolute Gasteiger partial charge is 0.463 e. The molecule has 0 rings (SSSR count). The molecule has 0 spiro atoms. The predicted octanol–water partition coefficient (Wildman–Crippen LogP) is 12.7. The first kappa shape index (κ1) is 50.3. The standard InChI is InChI=1S/C47H80O6/c1-3-5-7-9-11-12-13-14-15-16-17-18-19-20-21-25-28-32-36-40-46(50)52-42-45(49)43-53-47(51)41-37-33-29-26-23-22-24-27-31-35-39-44(48)38-34-30-10-8-6-4-2/h6,8,22-23,27,29-31,33-35,39,44-45,48-49H,3-5,7,9-21,24-26,28,32,36-38,40-43H2,1-2H3/b8-6-,23-22-,31-27-,33-29-,34-30-,39-35+/t44?,45-/m1/s1. The Hall–Kier alpha value is -2.70. The number of ether oxygens (including phenoxy) is 2. The molecule has 0 bridgehead atoms. The lowest BCUT2D eigenvalue weighted by atomic mass is 10.0. The maximum atomic E-state index is 12.0. The number of hydrogen-bond donors (Lipinski definition) is 2. The molecule has 0 aromatic rings. The van der Waals surface area contributed by atoms with Gasteiger partial charge in [0.2, 0.25) is 0 Å². The molecule has 0 radical (unpaired) electrons. The molecule has 0 fully saturated rings. The normalized spacial score (nSPS) is 13.5. The van der Waals surface area contributed by atoms with Crippen LogP contribution in [0.15, 0.2) is 72.9 Å². The molecule has 0 amide bonds. The van der Waals surface area contributed by atoms with Crippen LogP contribution in [0, 0.1) is 0 Å². The van der Waals surface area contributed by atoms with E-state index in [4.69, 9.17) is 9.47 Å². The number of carbonyl (C=O) groups is 2. The molecule has 304 valence electrons. The van der Waals surface area contributed by atoms with Crippen molar-refractivity contribution in [2.75, 3.05) is 13.2 Å². The first-order valence-electron chi connectivity index (χ1n) is 21.6. The Kier molecular flexibility index (Phi) is 39.9. The fourth-order valence-electron chi connectivity index (χ4n) is 5.78. The predicted molar refractivity (Wildman–Crippen MR) is 225 cm³/mol. The molecular formula is C47H80O6. The lowest BCUT2D eigenvalue weighted by molar-refractivity contribution is -0.152. The molecule has 0 aromatic carbocycles. The molecule has 0 saturated heterocycles. The molecule has 0 heterocycles. The monoisotopic (exact) mass is 741 g/mol. The van der Waals surface area contributed by atoms with Crippen molar-refractivity contribution < 1.29 is 29.3 Å². The van der Waals surface area contributed by atoms with Gasteiger partial charge >= 0.3 is 11.9 Å². The molecule has 2 N–H and O–H groups in total. The van der Waals surface area contributed by atoms with Crippen molar-refractivity contribution in [2.24, 2.45) is 0 Å². The van der Waals surface area contributed by atoms with Gasteiger partial charge in [-0.2, -0.15) is 0 Å². The highest BCUT2D eigenvalue weighted by molar-refractivity contribution is 5.70. The summed E-state index contributed by atoms with van der Waals surface area (Å²) in [6.07, 6.45) is 52.9. The van der Waals surface area contributed by atoms with Crippen molar-refractivity contribution in [3.05, 3.63) is 72.9 Å². The first-order chi connectivity index (χ1) is 26.0. The number of aliphatic hydroxyl groups excluding tert-OH is 2. The van der Waals surface area contributed by atoms with Crippen LogP contribution in [-0.2, 0) is 19.1 Å². The molecule has 1 unspecified atom stereocenters. The van der Waals surface area contributed by atoms with E-state index in [0.29, 0.717) is 19.3 Å². The van der Waals surface area contributed by atoms with Crippen LogP contribution in [-0.4, -0.2) is 47.6 Å². The zero-order chi connectivity index (χ0) is 38.7.